The number of nitrogens with two attached hydrogens (primary N) is 1. The van der Waals surface area contributed by atoms with Crippen LogP contribution in [0.4, 0.5) is 4.79 Å². The number of likely N-dealkylation sites (tertiary alicyclic amines) is 1. The predicted octanol–water partition coefficient (Wildman–Crippen LogP) is 3.13. The Kier molecular flexibility index (Phi) is 6.64. The van der Waals surface area contributed by atoms with E-state index < -0.39 is 17.6 Å². The van der Waals surface area contributed by atoms with Crippen LogP contribution in [0.15, 0.2) is 24.3 Å². The largest absolute Gasteiger partial charge is 0.459 e. The Morgan fingerprint density at radius 3 is 2.31 bits per heavy atom. The highest BCUT2D eigenvalue weighted by Crippen LogP contribution is 2.19. The fourth-order valence-corrected chi connectivity index (χ4v) is 2.76. The summed E-state index contributed by atoms with van der Waals surface area (Å²) in [6.07, 6.45) is 2.08. The normalized spacial score (nSPS) is 16.9. The van der Waals surface area contributed by atoms with Crippen molar-refractivity contribution >= 4 is 12.1 Å². The fraction of sp³-hybridized carbons (Fsp3) is 0.600. The Morgan fingerprint density at radius 2 is 1.77 bits per heavy atom. The Morgan fingerprint density at radius 1 is 1.19 bits per heavy atom. The number of amides is 1. The Labute approximate surface area is 155 Å². The zero-order chi connectivity index (χ0) is 19.3. The maximum absolute atomic E-state index is 12.2. The van der Waals surface area contributed by atoms with Gasteiger partial charge >= 0.3 is 12.1 Å². The van der Waals surface area contributed by atoms with Crippen molar-refractivity contribution in [1.82, 2.24) is 4.90 Å². The van der Waals surface area contributed by atoms with E-state index in [9.17, 15) is 9.59 Å². The first kappa shape index (κ1) is 20.2. The third-order valence-corrected chi connectivity index (χ3v) is 4.34. The molecule has 1 saturated heterocycles. The minimum Gasteiger partial charge on any atom is -0.459 e. The summed E-state index contributed by atoms with van der Waals surface area (Å²) in [5.74, 6) is 0.725. The molecule has 1 aliphatic rings. The molecule has 1 heterocycles. The average molecular weight is 362 g/mol. The van der Waals surface area contributed by atoms with E-state index in [2.05, 4.69) is 6.92 Å². The van der Waals surface area contributed by atoms with Crippen LogP contribution in [-0.4, -0.2) is 41.7 Å². The van der Waals surface area contributed by atoms with Crippen molar-refractivity contribution in [3.05, 3.63) is 29.8 Å². The van der Waals surface area contributed by atoms with Crippen molar-refractivity contribution in [2.75, 3.05) is 13.1 Å². The van der Waals surface area contributed by atoms with Gasteiger partial charge in [-0.2, -0.15) is 0 Å². The molecule has 1 aliphatic heterocycles. The van der Waals surface area contributed by atoms with Gasteiger partial charge in [0.25, 0.3) is 0 Å². The fourth-order valence-electron chi connectivity index (χ4n) is 2.76. The van der Waals surface area contributed by atoms with Crippen molar-refractivity contribution in [2.24, 2.45) is 11.7 Å². The molecule has 1 fully saturated rings. The molecule has 1 atom stereocenters. The zero-order valence-electron chi connectivity index (χ0n) is 16.2. The summed E-state index contributed by atoms with van der Waals surface area (Å²) in [4.78, 5) is 25.9. The maximum Gasteiger partial charge on any atom is 0.415 e. The molecule has 6 nitrogen and oxygen atoms in total. The molecule has 144 valence electrons. The van der Waals surface area contributed by atoms with Gasteiger partial charge in [-0.15, -0.1) is 0 Å². The Hall–Kier alpha value is -2.08. The van der Waals surface area contributed by atoms with Crippen LogP contribution in [0.2, 0.25) is 0 Å². The summed E-state index contributed by atoms with van der Waals surface area (Å²) in [5, 5.41) is 0. The van der Waals surface area contributed by atoms with Crippen molar-refractivity contribution in [2.45, 2.75) is 58.6 Å². The molecule has 0 unspecified atom stereocenters. The summed E-state index contributed by atoms with van der Waals surface area (Å²) in [6.45, 7) is 9.10. The van der Waals surface area contributed by atoms with Crippen LogP contribution < -0.4 is 10.5 Å². The summed E-state index contributed by atoms with van der Waals surface area (Å²) in [6, 6.07) is 6.34. The van der Waals surface area contributed by atoms with Crippen molar-refractivity contribution < 1.29 is 19.1 Å². The average Bonchev–Trinajstić information content (AvgIpc) is 2.55. The molecule has 26 heavy (non-hydrogen) atoms. The number of benzene rings is 1. The predicted molar refractivity (Wildman–Crippen MR) is 100.0 cm³/mol. The van der Waals surface area contributed by atoms with E-state index >= 15 is 0 Å². The van der Waals surface area contributed by atoms with Crippen molar-refractivity contribution in [3.8, 4) is 5.75 Å². The molecule has 1 aromatic rings. The first-order valence-electron chi connectivity index (χ1n) is 9.18. The molecule has 2 N–H and O–H groups in total. The molecule has 1 amide bonds. The van der Waals surface area contributed by atoms with Crippen LogP contribution in [-0.2, 0) is 16.0 Å². The van der Waals surface area contributed by atoms with Gasteiger partial charge in [-0.3, -0.25) is 4.79 Å². The van der Waals surface area contributed by atoms with Crippen molar-refractivity contribution in [1.29, 1.82) is 0 Å². The van der Waals surface area contributed by atoms with Gasteiger partial charge in [0.05, 0.1) is 0 Å². The van der Waals surface area contributed by atoms with E-state index in [0.29, 0.717) is 18.1 Å². The lowest BCUT2D eigenvalue weighted by atomic mass is 10.00. The smallest absolute Gasteiger partial charge is 0.415 e. The van der Waals surface area contributed by atoms with Gasteiger partial charge in [0.15, 0.2) is 0 Å². The van der Waals surface area contributed by atoms with Gasteiger partial charge in [0, 0.05) is 13.1 Å². The number of piperidine rings is 1. The summed E-state index contributed by atoms with van der Waals surface area (Å²) in [7, 11) is 0. The monoisotopic (exact) mass is 362 g/mol. The summed E-state index contributed by atoms with van der Waals surface area (Å²) >= 11 is 0. The first-order chi connectivity index (χ1) is 12.1. The third kappa shape index (κ3) is 6.33. The SMILES string of the molecule is CC1CCN(C(=O)Oc2ccc(C[C@H](N)C(=O)OC(C)(C)C)cc2)CC1. The minimum absolute atomic E-state index is 0.310. The van der Waals surface area contributed by atoms with Crippen LogP contribution in [0.25, 0.3) is 0 Å². The molecule has 0 spiro atoms. The molecule has 6 heteroatoms. The summed E-state index contributed by atoms with van der Waals surface area (Å²) in [5.41, 5.74) is 6.25. The van der Waals surface area contributed by atoms with E-state index in [1.54, 1.807) is 17.0 Å². The van der Waals surface area contributed by atoms with E-state index in [-0.39, 0.29) is 6.09 Å². The number of ether oxygens (including phenoxy) is 2. The lowest BCUT2D eigenvalue weighted by Gasteiger charge is -2.29. The van der Waals surface area contributed by atoms with Gasteiger partial charge in [0.1, 0.15) is 17.4 Å². The molecule has 0 saturated carbocycles. The molecule has 1 aromatic carbocycles. The molecule has 2 rings (SSSR count). The highest BCUT2D eigenvalue weighted by Gasteiger charge is 2.23. The highest BCUT2D eigenvalue weighted by atomic mass is 16.6. The van der Waals surface area contributed by atoms with Gasteiger partial charge in [-0.1, -0.05) is 19.1 Å². The second-order valence-corrected chi connectivity index (χ2v) is 8.03. The van der Waals surface area contributed by atoms with E-state index in [1.165, 1.54) is 0 Å². The molecule has 0 bridgehead atoms. The maximum atomic E-state index is 12.2. The van der Waals surface area contributed by atoms with Crippen LogP contribution in [0, 0.1) is 5.92 Å². The number of nitrogens with zero attached hydrogens (tertiary/aromatic N) is 1. The van der Waals surface area contributed by atoms with Crippen LogP contribution in [0.5, 0.6) is 5.75 Å². The van der Waals surface area contributed by atoms with Crippen LogP contribution >= 0.6 is 0 Å². The molecule has 0 aliphatic carbocycles. The molecular weight excluding hydrogens is 332 g/mol. The van der Waals surface area contributed by atoms with E-state index in [0.717, 1.165) is 31.5 Å². The number of esters is 1. The Balaban J connectivity index is 1.86. The molecule has 0 radical (unpaired) electrons. The van der Waals surface area contributed by atoms with Gasteiger partial charge in [-0.05, 0) is 63.6 Å². The number of hydrogen-bond acceptors (Lipinski definition) is 5. The second-order valence-electron chi connectivity index (χ2n) is 8.03. The standard InChI is InChI=1S/C20H30N2O4/c1-14-9-11-22(12-10-14)19(24)25-16-7-5-15(6-8-16)13-17(21)18(23)26-20(2,3)4/h5-8,14,17H,9-13,21H2,1-4H3/t17-/m0/s1. The number of carbonyl (C=O) groups is 2. The topological polar surface area (TPSA) is 81.9 Å². The van der Waals surface area contributed by atoms with Gasteiger partial charge in [0.2, 0.25) is 0 Å². The lowest BCUT2D eigenvalue weighted by molar-refractivity contribution is -0.156. The van der Waals surface area contributed by atoms with Crippen molar-refractivity contribution in [3.63, 3.8) is 0 Å². The third-order valence-electron chi connectivity index (χ3n) is 4.34. The minimum atomic E-state index is -0.724. The summed E-state index contributed by atoms with van der Waals surface area (Å²) < 4.78 is 10.7. The van der Waals surface area contributed by atoms with Crippen LogP contribution in [0.1, 0.15) is 46.1 Å². The number of hydrogen-bond donors (Lipinski definition) is 1. The first-order valence-corrected chi connectivity index (χ1v) is 9.18. The van der Waals surface area contributed by atoms with Gasteiger partial charge in [-0.25, -0.2) is 4.79 Å². The second kappa shape index (κ2) is 8.54. The number of carbonyl (C=O) groups excluding carboxylic acids is 2. The highest BCUT2D eigenvalue weighted by molar-refractivity contribution is 5.76. The van der Waals surface area contributed by atoms with E-state index in [4.69, 9.17) is 15.2 Å². The van der Waals surface area contributed by atoms with Crippen LogP contribution in [0.3, 0.4) is 0 Å². The zero-order valence-corrected chi connectivity index (χ0v) is 16.2. The van der Waals surface area contributed by atoms with Gasteiger partial charge < -0.3 is 20.1 Å². The Bertz CT molecular complexity index is 614. The number of rotatable bonds is 4. The molecule has 0 aromatic heterocycles. The van der Waals surface area contributed by atoms with E-state index in [1.807, 2.05) is 32.9 Å². The molecular formula is C20H30N2O4. The quantitative estimate of drug-likeness (QED) is 0.832. The lowest BCUT2D eigenvalue weighted by Crippen LogP contribution is -2.39.